The van der Waals surface area contributed by atoms with Crippen LogP contribution in [-0.2, 0) is 7.05 Å². The zero-order chi connectivity index (χ0) is 28.8. The van der Waals surface area contributed by atoms with E-state index in [9.17, 15) is 19.1 Å². The van der Waals surface area contributed by atoms with Crippen molar-refractivity contribution in [2.75, 3.05) is 30.4 Å². The van der Waals surface area contributed by atoms with Crippen molar-refractivity contribution in [3.63, 3.8) is 0 Å². The number of nitrogens with zero attached hydrogens (tertiary/aromatic N) is 4. The number of aryl methyl sites for hydroxylation is 1. The molecule has 2 fully saturated rings. The summed E-state index contributed by atoms with van der Waals surface area (Å²) in [6.07, 6.45) is 7.31. The quantitative estimate of drug-likeness (QED) is 0.259. The molecule has 12 heteroatoms. The molecular weight excluding hydrogens is 532 g/mol. The van der Waals surface area contributed by atoms with Gasteiger partial charge in [-0.05, 0) is 24.8 Å². The molecule has 41 heavy (non-hydrogen) atoms. The second-order valence-electron chi connectivity index (χ2n) is 11.2. The van der Waals surface area contributed by atoms with Crippen molar-refractivity contribution in [3.05, 3.63) is 58.1 Å². The number of benzene rings is 1. The number of carboxylic acids is 1. The molecule has 1 aliphatic heterocycles. The topological polar surface area (TPSA) is 142 Å². The van der Waals surface area contributed by atoms with Crippen LogP contribution in [0.15, 0.2) is 35.5 Å². The van der Waals surface area contributed by atoms with Gasteiger partial charge in [0, 0.05) is 68.5 Å². The first kappa shape index (κ1) is 25.4. The summed E-state index contributed by atoms with van der Waals surface area (Å²) in [4.78, 5) is 39.2. The van der Waals surface area contributed by atoms with Crippen molar-refractivity contribution < 1.29 is 18.7 Å². The summed E-state index contributed by atoms with van der Waals surface area (Å²) in [5.41, 5.74) is 8.51. The van der Waals surface area contributed by atoms with Crippen LogP contribution in [0, 0.1) is 17.6 Å². The highest BCUT2D eigenvalue weighted by atomic mass is 19.2. The Morgan fingerprint density at radius 3 is 2.78 bits per heavy atom. The number of carboxylic acid groups (broad SMARTS) is 1. The molecule has 0 amide bonds. The molecule has 1 aliphatic carbocycles. The third kappa shape index (κ3) is 3.56. The number of pyridine rings is 3. The number of hydrogen-bond acceptors (Lipinski definition) is 7. The van der Waals surface area contributed by atoms with Crippen molar-refractivity contribution in [2.24, 2.45) is 18.7 Å². The zero-order valence-corrected chi connectivity index (χ0v) is 22.4. The summed E-state index contributed by atoms with van der Waals surface area (Å²) in [6.45, 7) is 1.13. The van der Waals surface area contributed by atoms with E-state index in [1.807, 2.05) is 0 Å². The van der Waals surface area contributed by atoms with Gasteiger partial charge in [-0.15, -0.1) is 0 Å². The van der Waals surface area contributed by atoms with Gasteiger partial charge in [0.2, 0.25) is 5.43 Å². The van der Waals surface area contributed by atoms with Crippen molar-refractivity contribution >= 4 is 50.3 Å². The van der Waals surface area contributed by atoms with Crippen molar-refractivity contribution in [3.8, 4) is 11.1 Å². The fourth-order valence-electron chi connectivity index (χ4n) is 6.85. The monoisotopic (exact) mass is 559 g/mol. The minimum atomic E-state index is -1.34. The van der Waals surface area contributed by atoms with Crippen molar-refractivity contribution in [1.82, 2.24) is 19.5 Å². The SMILES string of the molecule is CNc1cc(F)c(F)c2c1[nH]c1ncc(-c3cnc4c(c3)c(=O)c(C(=O)O)cn4C)c(N3C[C@H]4CCC[C@@]4(N)C3)c12. The first-order valence-electron chi connectivity index (χ1n) is 13.4. The van der Waals surface area contributed by atoms with Gasteiger partial charge >= 0.3 is 5.97 Å². The van der Waals surface area contributed by atoms with Gasteiger partial charge in [-0.2, -0.15) is 0 Å². The molecule has 5 N–H and O–H groups in total. The molecule has 4 aromatic heterocycles. The number of anilines is 2. The third-order valence-electron chi connectivity index (χ3n) is 8.84. The highest BCUT2D eigenvalue weighted by molar-refractivity contribution is 6.18. The lowest BCUT2D eigenvalue weighted by Crippen LogP contribution is -2.44. The molecule has 1 saturated carbocycles. The standard InChI is InChI=1S/C29H27F2N7O3/c1-33-19-7-18(30)22(31)20-21-24(38-10-14-4-3-5-29(14,32)12-38)16(9-34-26(21)36-23(19)20)13-6-15-25(39)17(28(40)41)11-37(2)27(15)35-8-13/h6-9,11,14,33H,3-5,10,12,32H2,1-2H3,(H,34,36)(H,40,41)/t14-,29-/m1/s1. The second-order valence-corrected chi connectivity index (χ2v) is 11.2. The third-order valence-corrected chi connectivity index (χ3v) is 8.84. The number of nitrogens with one attached hydrogen (secondary N) is 2. The summed E-state index contributed by atoms with van der Waals surface area (Å²) in [7, 11) is 3.25. The van der Waals surface area contributed by atoms with Crippen LogP contribution in [0.25, 0.3) is 44.1 Å². The maximum atomic E-state index is 15.6. The molecule has 5 aromatic rings. The number of rotatable bonds is 4. The van der Waals surface area contributed by atoms with Crippen LogP contribution < -0.4 is 21.4 Å². The molecule has 210 valence electrons. The van der Waals surface area contributed by atoms with Gasteiger partial charge < -0.3 is 30.6 Å². The van der Waals surface area contributed by atoms with E-state index in [0.717, 1.165) is 25.3 Å². The Bertz CT molecular complexity index is 2000. The number of hydrogen-bond donors (Lipinski definition) is 4. The van der Waals surface area contributed by atoms with E-state index in [0.29, 0.717) is 57.8 Å². The maximum Gasteiger partial charge on any atom is 0.341 e. The van der Waals surface area contributed by atoms with E-state index in [2.05, 4.69) is 25.2 Å². The Kier molecular flexibility index (Phi) is 5.39. The van der Waals surface area contributed by atoms with Crippen LogP contribution in [0.2, 0.25) is 0 Å². The van der Waals surface area contributed by atoms with E-state index in [4.69, 9.17) is 5.73 Å². The van der Waals surface area contributed by atoms with E-state index in [1.54, 1.807) is 32.6 Å². The summed E-state index contributed by atoms with van der Waals surface area (Å²) in [6, 6.07) is 2.69. The van der Waals surface area contributed by atoms with Gasteiger partial charge in [0.25, 0.3) is 0 Å². The zero-order valence-electron chi connectivity index (χ0n) is 22.4. The van der Waals surface area contributed by atoms with Gasteiger partial charge in [-0.1, -0.05) is 6.42 Å². The van der Waals surface area contributed by atoms with Crippen LogP contribution in [0.4, 0.5) is 20.2 Å². The van der Waals surface area contributed by atoms with E-state index < -0.39 is 28.6 Å². The molecule has 1 saturated heterocycles. The van der Waals surface area contributed by atoms with Crippen molar-refractivity contribution in [2.45, 2.75) is 24.8 Å². The Balaban J connectivity index is 1.56. The largest absolute Gasteiger partial charge is 0.477 e. The summed E-state index contributed by atoms with van der Waals surface area (Å²) >= 11 is 0. The number of carbonyl (C=O) groups is 1. The van der Waals surface area contributed by atoms with Gasteiger partial charge in [0.15, 0.2) is 11.6 Å². The Morgan fingerprint density at radius 1 is 1.24 bits per heavy atom. The fourth-order valence-corrected chi connectivity index (χ4v) is 6.85. The van der Waals surface area contributed by atoms with Gasteiger partial charge in [-0.3, -0.25) is 4.79 Å². The van der Waals surface area contributed by atoms with Crippen LogP contribution in [-0.4, -0.2) is 56.3 Å². The normalized spacial score (nSPS) is 20.4. The van der Waals surface area contributed by atoms with Crippen LogP contribution in [0.5, 0.6) is 0 Å². The average Bonchev–Trinajstić information content (AvgIpc) is 3.61. The summed E-state index contributed by atoms with van der Waals surface area (Å²) in [5, 5.41) is 13.1. The molecule has 0 radical (unpaired) electrons. The Labute approximate surface area is 231 Å². The number of aromatic nitrogens is 4. The van der Waals surface area contributed by atoms with Crippen LogP contribution >= 0.6 is 0 Å². The lowest BCUT2D eigenvalue weighted by molar-refractivity contribution is 0.0695. The number of nitrogens with two attached hydrogens (primary N) is 1. The Morgan fingerprint density at radius 2 is 2.05 bits per heavy atom. The van der Waals surface area contributed by atoms with Gasteiger partial charge in [0.05, 0.1) is 33.1 Å². The lowest BCUT2D eigenvalue weighted by Gasteiger charge is -2.26. The molecule has 7 rings (SSSR count). The smallest absolute Gasteiger partial charge is 0.341 e. The minimum Gasteiger partial charge on any atom is -0.477 e. The fraction of sp³-hybridized carbons (Fsp3) is 0.310. The molecule has 2 aliphatic rings. The molecule has 5 heterocycles. The summed E-state index contributed by atoms with van der Waals surface area (Å²) < 4.78 is 32.0. The molecule has 0 spiro atoms. The van der Waals surface area contributed by atoms with Gasteiger partial charge in [0.1, 0.15) is 16.9 Å². The molecular formula is C29H27F2N7O3. The molecule has 10 nitrogen and oxygen atoms in total. The van der Waals surface area contributed by atoms with Crippen LogP contribution in [0.3, 0.4) is 0 Å². The van der Waals surface area contributed by atoms with E-state index in [-0.39, 0.29) is 22.3 Å². The van der Waals surface area contributed by atoms with Gasteiger partial charge in [-0.25, -0.2) is 23.5 Å². The highest BCUT2D eigenvalue weighted by Crippen LogP contribution is 2.48. The maximum absolute atomic E-state index is 15.6. The van der Waals surface area contributed by atoms with Crippen molar-refractivity contribution in [1.29, 1.82) is 0 Å². The Hall–Kier alpha value is -4.58. The number of fused-ring (bicyclic) bond motifs is 5. The minimum absolute atomic E-state index is 0.0645. The number of aromatic carboxylic acids is 1. The predicted octanol–water partition coefficient (Wildman–Crippen LogP) is 3.97. The second kappa shape index (κ2) is 8.71. The first-order valence-corrected chi connectivity index (χ1v) is 13.4. The lowest BCUT2D eigenvalue weighted by atomic mass is 9.92. The highest BCUT2D eigenvalue weighted by Gasteiger charge is 2.47. The average molecular weight is 560 g/mol. The molecule has 0 bridgehead atoms. The molecule has 1 aromatic carbocycles. The first-order chi connectivity index (χ1) is 19.6. The van der Waals surface area contributed by atoms with E-state index >= 15 is 4.39 Å². The number of halogens is 2. The molecule has 0 unspecified atom stereocenters. The number of aromatic amines is 1. The summed E-state index contributed by atoms with van der Waals surface area (Å²) in [5.74, 6) is -3.10. The van der Waals surface area contributed by atoms with E-state index in [1.165, 1.54) is 10.8 Å². The predicted molar refractivity (Wildman–Crippen MR) is 152 cm³/mol. The van der Waals surface area contributed by atoms with Crippen LogP contribution in [0.1, 0.15) is 29.6 Å². The number of H-pyrrole nitrogens is 1. The molecule has 2 atom stereocenters.